The van der Waals surface area contributed by atoms with Crippen LogP contribution in [0.25, 0.3) is 0 Å². The number of nitrogens with zero attached hydrogens (tertiary/aromatic N) is 1. The van der Waals surface area contributed by atoms with E-state index in [2.05, 4.69) is 44.3 Å². The Balaban J connectivity index is 2.42. The van der Waals surface area contributed by atoms with Gasteiger partial charge in [-0.15, -0.1) is 0 Å². The SMILES string of the molecule is CCCNc1ccc2c(c1)C(C)(C)CC(=O)N2CC. The highest BCUT2D eigenvalue weighted by Crippen LogP contribution is 2.41. The predicted octanol–water partition coefficient (Wildman–Crippen LogP) is 3.54. The summed E-state index contributed by atoms with van der Waals surface area (Å²) in [5, 5.41) is 3.42. The molecule has 1 heterocycles. The van der Waals surface area contributed by atoms with E-state index >= 15 is 0 Å². The van der Waals surface area contributed by atoms with Gasteiger partial charge in [-0.1, -0.05) is 20.8 Å². The molecule has 0 bridgehead atoms. The first-order valence-corrected chi connectivity index (χ1v) is 7.18. The molecular formula is C16H24N2O. The second-order valence-electron chi connectivity index (χ2n) is 5.86. The summed E-state index contributed by atoms with van der Waals surface area (Å²) in [5.74, 6) is 0.231. The van der Waals surface area contributed by atoms with Gasteiger partial charge in [0.2, 0.25) is 5.91 Å². The summed E-state index contributed by atoms with van der Waals surface area (Å²) in [5.41, 5.74) is 3.42. The lowest BCUT2D eigenvalue weighted by atomic mass is 9.77. The summed E-state index contributed by atoms with van der Waals surface area (Å²) < 4.78 is 0. The first-order chi connectivity index (χ1) is 8.99. The highest BCUT2D eigenvalue weighted by molar-refractivity contribution is 5.98. The van der Waals surface area contributed by atoms with Crippen LogP contribution in [0.3, 0.4) is 0 Å². The van der Waals surface area contributed by atoms with Crippen molar-refractivity contribution < 1.29 is 4.79 Å². The van der Waals surface area contributed by atoms with Crippen LogP contribution in [0.15, 0.2) is 18.2 Å². The first-order valence-electron chi connectivity index (χ1n) is 7.18. The Morgan fingerprint density at radius 2 is 2.05 bits per heavy atom. The topological polar surface area (TPSA) is 32.3 Å². The van der Waals surface area contributed by atoms with E-state index in [1.54, 1.807) is 0 Å². The Bertz CT molecular complexity index is 480. The third kappa shape index (κ3) is 2.60. The maximum atomic E-state index is 12.2. The quantitative estimate of drug-likeness (QED) is 0.898. The van der Waals surface area contributed by atoms with Gasteiger partial charge in [0.05, 0.1) is 0 Å². The molecule has 1 aromatic carbocycles. The van der Waals surface area contributed by atoms with Crippen LogP contribution in [0.4, 0.5) is 11.4 Å². The number of benzene rings is 1. The molecule has 0 aliphatic carbocycles. The molecule has 104 valence electrons. The van der Waals surface area contributed by atoms with Crippen LogP contribution >= 0.6 is 0 Å². The Hall–Kier alpha value is -1.51. The van der Waals surface area contributed by atoms with Crippen molar-refractivity contribution in [1.82, 2.24) is 0 Å². The second-order valence-corrected chi connectivity index (χ2v) is 5.86. The molecule has 0 unspecified atom stereocenters. The zero-order chi connectivity index (χ0) is 14.0. The van der Waals surface area contributed by atoms with E-state index in [1.807, 2.05) is 11.8 Å². The predicted molar refractivity (Wildman–Crippen MR) is 80.9 cm³/mol. The van der Waals surface area contributed by atoms with Crippen molar-refractivity contribution in [2.45, 2.75) is 46.0 Å². The van der Waals surface area contributed by atoms with E-state index in [4.69, 9.17) is 0 Å². The van der Waals surface area contributed by atoms with Crippen LogP contribution in [0.2, 0.25) is 0 Å². The largest absolute Gasteiger partial charge is 0.385 e. The van der Waals surface area contributed by atoms with Gasteiger partial charge in [-0.3, -0.25) is 4.79 Å². The van der Waals surface area contributed by atoms with E-state index in [9.17, 15) is 4.79 Å². The number of hydrogen-bond acceptors (Lipinski definition) is 2. The summed E-state index contributed by atoms with van der Waals surface area (Å²) in [4.78, 5) is 14.1. The average molecular weight is 260 g/mol. The highest BCUT2D eigenvalue weighted by Gasteiger charge is 2.35. The molecule has 1 aliphatic heterocycles. The molecule has 0 atom stereocenters. The summed E-state index contributed by atoms with van der Waals surface area (Å²) in [7, 11) is 0. The number of carbonyl (C=O) groups excluding carboxylic acids is 1. The second kappa shape index (κ2) is 5.24. The monoisotopic (exact) mass is 260 g/mol. The molecule has 3 heteroatoms. The van der Waals surface area contributed by atoms with Crippen molar-refractivity contribution in [3.8, 4) is 0 Å². The van der Waals surface area contributed by atoms with Crippen LogP contribution in [0.1, 0.15) is 46.1 Å². The van der Waals surface area contributed by atoms with E-state index in [1.165, 1.54) is 5.56 Å². The number of hydrogen-bond donors (Lipinski definition) is 1. The Morgan fingerprint density at radius 1 is 1.32 bits per heavy atom. The molecule has 0 saturated carbocycles. The fraction of sp³-hybridized carbons (Fsp3) is 0.562. The normalized spacial score (nSPS) is 17.3. The molecule has 1 amide bonds. The van der Waals surface area contributed by atoms with Gasteiger partial charge in [-0.05, 0) is 37.1 Å². The standard InChI is InChI=1S/C16H24N2O/c1-5-9-17-12-7-8-14-13(10-12)16(3,4)11-15(19)18(14)6-2/h7-8,10,17H,5-6,9,11H2,1-4H3. The average Bonchev–Trinajstić information content (AvgIpc) is 2.36. The molecule has 1 aromatic rings. The maximum absolute atomic E-state index is 12.2. The third-order valence-corrected chi connectivity index (χ3v) is 3.81. The third-order valence-electron chi connectivity index (χ3n) is 3.81. The van der Waals surface area contributed by atoms with Crippen LogP contribution < -0.4 is 10.2 Å². The molecule has 1 N–H and O–H groups in total. The van der Waals surface area contributed by atoms with Crippen molar-refractivity contribution in [3.05, 3.63) is 23.8 Å². The number of fused-ring (bicyclic) bond motifs is 1. The minimum Gasteiger partial charge on any atom is -0.385 e. The van der Waals surface area contributed by atoms with Gasteiger partial charge in [0, 0.05) is 36.3 Å². The first kappa shape index (κ1) is 13.9. The molecule has 2 rings (SSSR count). The molecule has 19 heavy (non-hydrogen) atoms. The number of anilines is 2. The van der Waals surface area contributed by atoms with E-state index in [0.717, 1.165) is 30.9 Å². The van der Waals surface area contributed by atoms with E-state index in [0.29, 0.717) is 6.42 Å². The Labute approximate surface area is 116 Å². The van der Waals surface area contributed by atoms with Gasteiger partial charge in [-0.25, -0.2) is 0 Å². The van der Waals surface area contributed by atoms with Gasteiger partial charge in [-0.2, -0.15) is 0 Å². The fourth-order valence-corrected chi connectivity index (χ4v) is 2.74. The summed E-state index contributed by atoms with van der Waals surface area (Å²) in [6.07, 6.45) is 1.70. The summed E-state index contributed by atoms with van der Waals surface area (Å²) in [6.45, 7) is 10.2. The molecule has 0 spiro atoms. The Morgan fingerprint density at radius 3 is 2.68 bits per heavy atom. The lowest BCUT2D eigenvalue weighted by Gasteiger charge is -2.38. The number of rotatable bonds is 4. The number of carbonyl (C=O) groups is 1. The van der Waals surface area contributed by atoms with Crippen molar-refractivity contribution in [1.29, 1.82) is 0 Å². The van der Waals surface area contributed by atoms with Gasteiger partial charge >= 0.3 is 0 Å². The van der Waals surface area contributed by atoms with Gasteiger partial charge in [0.1, 0.15) is 0 Å². The molecule has 0 fully saturated rings. The van der Waals surface area contributed by atoms with Crippen LogP contribution in [0, 0.1) is 0 Å². The van der Waals surface area contributed by atoms with E-state index in [-0.39, 0.29) is 11.3 Å². The molecule has 3 nitrogen and oxygen atoms in total. The van der Waals surface area contributed by atoms with E-state index < -0.39 is 0 Å². The molecular weight excluding hydrogens is 236 g/mol. The van der Waals surface area contributed by atoms with Gasteiger partial charge < -0.3 is 10.2 Å². The lowest BCUT2D eigenvalue weighted by Crippen LogP contribution is -2.41. The zero-order valence-corrected chi connectivity index (χ0v) is 12.4. The molecule has 0 saturated heterocycles. The smallest absolute Gasteiger partial charge is 0.227 e. The minimum absolute atomic E-state index is 0.0814. The fourth-order valence-electron chi connectivity index (χ4n) is 2.74. The van der Waals surface area contributed by atoms with Crippen LogP contribution in [0.5, 0.6) is 0 Å². The Kier molecular flexibility index (Phi) is 3.83. The summed E-state index contributed by atoms with van der Waals surface area (Å²) >= 11 is 0. The van der Waals surface area contributed by atoms with Crippen LogP contribution in [-0.2, 0) is 10.2 Å². The van der Waals surface area contributed by atoms with Crippen LogP contribution in [-0.4, -0.2) is 19.0 Å². The van der Waals surface area contributed by atoms with Gasteiger partial charge in [0.25, 0.3) is 0 Å². The molecule has 1 aliphatic rings. The number of amides is 1. The maximum Gasteiger partial charge on any atom is 0.227 e. The van der Waals surface area contributed by atoms with Crippen molar-refractivity contribution in [2.75, 3.05) is 23.3 Å². The van der Waals surface area contributed by atoms with Gasteiger partial charge in [0.15, 0.2) is 0 Å². The van der Waals surface area contributed by atoms with Crippen molar-refractivity contribution >= 4 is 17.3 Å². The number of nitrogens with one attached hydrogen (secondary N) is 1. The zero-order valence-electron chi connectivity index (χ0n) is 12.4. The highest BCUT2D eigenvalue weighted by atomic mass is 16.2. The molecule has 0 radical (unpaired) electrons. The minimum atomic E-state index is -0.0814. The summed E-state index contributed by atoms with van der Waals surface area (Å²) in [6, 6.07) is 6.36. The lowest BCUT2D eigenvalue weighted by molar-refractivity contribution is -0.120. The van der Waals surface area contributed by atoms with Crippen molar-refractivity contribution in [3.63, 3.8) is 0 Å². The molecule has 0 aromatic heterocycles. The van der Waals surface area contributed by atoms with Crippen molar-refractivity contribution in [2.24, 2.45) is 0 Å².